The average molecular weight is 203 g/mol. The second-order valence-electron chi connectivity index (χ2n) is 3.56. The Bertz CT molecular complexity index is 372. The van der Waals surface area contributed by atoms with Crippen molar-refractivity contribution in [3.8, 4) is 0 Å². The highest BCUT2D eigenvalue weighted by Gasteiger charge is 2.22. The van der Waals surface area contributed by atoms with E-state index in [9.17, 15) is 4.79 Å². The number of hydrogen-bond donors (Lipinski definition) is 1. The van der Waals surface area contributed by atoms with Crippen LogP contribution in [0.25, 0.3) is 0 Å². The van der Waals surface area contributed by atoms with Gasteiger partial charge in [-0.3, -0.25) is 0 Å². The Labute approximate surface area is 88.8 Å². The lowest BCUT2D eigenvalue weighted by molar-refractivity contribution is -0.138. The summed E-state index contributed by atoms with van der Waals surface area (Å²) in [5.74, 6) is -0.262. The Balaban J connectivity index is 1.96. The van der Waals surface area contributed by atoms with E-state index in [1.165, 1.54) is 6.08 Å². The van der Waals surface area contributed by atoms with Gasteiger partial charge in [-0.1, -0.05) is 18.2 Å². The summed E-state index contributed by atoms with van der Waals surface area (Å²) in [7, 11) is 0. The van der Waals surface area contributed by atoms with E-state index in [4.69, 9.17) is 4.74 Å². The zero-order valence-corrected chi connectivity index (χ0v) is 8.51. The van der Waals surface area contributed by atoms with E-state index in [-0.39, 0.29) is 18.1 Å². The molecular formula is C12H13NO2. The van der Waals surface area contributed by atoms with E-state index in [2.05, 4.69) is 5.32 Å². The Morgan fingerprint density at radius 1 is 1.33 bits per heavy atom. The molecule has 78 valence electrons. The van der Waals surface area contributed by atoms with Gasteiger partial charge < -0.3 is 10.1 Å². The number of rotatable bonds is 3. The molecule has 1 aromatic rings. The molecule has 0 saturated heterocycles. The van der Waals surface area contributed by atoms with Crippen molar-refractivity contribution in [2.75, 3.05) is 5.32 Å². The fourth-order valence-corrected chi connectivity index (χ4v) is 1.53. The number of carbonyl (C=O) groups is 1. The first-order valence-electron chi connectivity index (χ1n) is 4.96. The Morgan fingerprint density at radius 3 is 2.67 bits per heavy atom. The number of cyclic esters (lactones) is 1. The summed E-state index contributed by atoms with van der Waals surface area (Å²) in [6, 6.07) is 9.94. The van der Waals surface area contributed by atoms with Gasteiger partial charge in [0.05, 0.1) is 6.04 Å². The monoisotopic (exact) mass is 203 g/mol. The molecule has 1 aliphatic rings. The molecule has 1 heterocycles. The highest BCUT2D eigenvalue weighted by atomic mass is 16.5. The van der Waals surface area contributed by atoms with Gasteiger partial charge >= 0.3 is 5.97 Å². The third kappa shape index (κ3) is 2.37. The van der Waals surface area contributed by atoms with Crippen molar-refractivity contribution in [2.24, 2.45) is 0 Å². The molecular weight excluding hydrogens is 190 g/mol. The largest absolute Gasteiger partial charge is 0.453 e. The lowest BCUT2D eigenvalue weighted by atomic mass is 10.2. The minimum absolute atomic E-state index is 0.0788. The van der Waals surface area contributed by atoms with Crippen molar-refractivity contribution in [1.82, 2.24) is 0 Å². The fourth-order valence-electron chi connectivity index (χ4n) is 1.53. The molecule has 0 radical (unpaired) electrons. The predicted octanol–water partition coefficient (Wildman–Crippen LogP) is 1.97. The summed E-state index contributed by atoms with van der Waals surface area (Å²) in [5, 5.41) is 3.28. The van der Waals surface area contributed by atoms with Crippen LogP contribution in [-0.4, -0.2) is 18.1 Å². The summed E-state index contributed by atoms with van der Waals surface area (Å²) in [5.41, 5.74) is 1.03. The molecule has 0 fully saturated rings. The number of ether oxygens (including phenoxy) is 1. The van der Waals surface area contributed by atoms with Gasteiger partial charge in [-0.2, -0.15) is 0 Å². The second-order valence-corrected chi connectivity index (χ2v) is 3.56. The maximum atomic E-state index is 10.9. The standard InChI is InChI=1S/C12H13NO2/c1-9(11-7-8-12(14)15-11)13-10-5-3-2-4-6-10/h2-9,11,13H,1H3. The average Bonchev–Trinajstić information content (AvgIpc) is 2.66. The maximum Gasteiger partial charge on any atom is 0.331 e. The molecule has 3 nitrogen and oxygen atoms in total. The Kier molecular flexibility index (Phi) is 2.72. The van der Waals surface area contributed by atoms with Gasteiger partial charge in [0.15, 0.2) is 0 Å². The lowest BCUT2D eigenvalue weighted by Crippen LogP contribution is -2.30. The molecule has 1 aliphatic heterocycles. The van der Waals surface area contributed by atoms with Crippen LogP contribution in [0.5, 0.6) is 0 Å². The zero-order valence-electron chi connectivity index (χ0n) is 8.51. The molecule has 3 heteroatoms. The first-order valence-corrected chi connectivity index (χ1v) is 4.96. The smallest absolute Gasteiger partial charge is 0.331 e. The first kappa shape index (κ1) is 9.77. The van der Waals surface area contributed by atoms with Gasteiger partial charge in [-0.25, -0.2) is 4.79 Å². The molecule has 0 amide bonds. The third-order valence-electron chi connectivity index (χ3n) is 2.34. The quantitative estimate of drug-likeness (QED) is 0.763. The number of benzene rings is 1. The van der Waals surface area contributed by atoms with E-state index >= 15 is 0 Å². The van der Waals surface area contributed by atoms with Crippen molar-refractivity contribution < 1.29 is 9.53 Å². The van der Waals surface area contributed by atoms with Crippen LogP contribution >= 0.6 is 0 Å². The number of para-hydroxylation sites is 1. The Hall–Kier alpha value is -1.77. The number of nitrogens with one attached hydrogen (secondary N) is 1. The molecule has 1 aromatic carbocycles. The molecule has 0 aromatic heterocycles. The molecule has 2 unspecified atom stereocenters. The normalized spacial score (nSPS) is 21.1. The molecule has 0 spiro atoms. The minimum atomic E-state index is -0.262. The van der Waals surface area contributed by atoms with Crippen molar-refractivity contribution in [2.45, 2.75) is 19.1 Å². The number of anilines is 1. The van der Waals surface area contributed by atoms with Gasteiger partial charge in [0.2, 0.25) is 0 Å². The SMILES string of the molecule is CC(Nc1ccccc1)C1C=CC(=O)O1. The van der Waals surface area contributed by atoms with Crippen LogP contribution in [0, 0.1) is 0 Å². The van der Waals surface area contributed by atoms with E-state index in [1.807, 2.05) is 37.3 Å². The van der Waals surface area contributed by atoms with Crippen LogP contribution in [0.1, 0.15) is 6.92 Å². The first-order chi connectivity index (χ1) is 7.25. The predicted molar refractivity (Wildman–Crippen MR) is 58.5 cm³/mol. The van der Waals surface area contributed by atoms with Crippen LogP contribution in [0.3, 0.4) is 0 Å². The molecule has 2 atom stereocenters. The van der Waals surface area contributed by atoms with Crippen molar-refractivity contribution >= 4 is 11.7 Å². The summed E-state index contributed by atoms with van der Waals surface area (Å²) in [6.45, 7) is 1.99. The highest BCUT2D eigenvalue weighted by Crippen LogP contribution is 2.14. The fraction of sp³-hybridized carbons (Fsp3) is 0.250. The maximum absolute atomic E-state index is 10.9. The number of carbonyl (C=O) groups excluding carboxylic acids is 1. The third-order valence-corrected chi connectivity index (χ3v) is 2.34. The van der Waals surface area contributed by atoms with Crippen LogP contribution in [0.2, 0.25) is 0 Å². The number of esters is 1. The van der Waals surface area contributed by atoms with Crippen LogP contribution in [-0.2, 0) is 9.53 Å². The highest BCUT2D eigenvalue weighted by molar-refractivity contribution is 5.84. The van der Waals surface area contributed by atoms with Gasteiger partial charge in [0, 0.05) is 11.8 Å². The molecule has 0 bridgehead atoms. The van der Waals surface area contributed by atoms with E-state index in [1.54, 1.807) is 6.08 Å². The van der Waals surface area contributed by atoms with Gasteiger partial charge in [-0.05, 0) is 25.1 Å². The zero-order chi connectivity index (χ0) is 10.7. The van der Waals surface area contributed by atoms with Crippen LogP contribution < -0.4 is 5.32 Å². The van der Waals surface area contributed by atoms with E-state index < -0.39 is 0 Å². The molecule has 2 rings (SSSR count). The van der Waals surface area contributed by atoms with Crippen LogP contribution in [0.4, 0.5) is 5.69 Å². The summed E-state index contributed by atoms with van der Waals surface area (Å²) in [6.07, 6.45) is 3.08. The van der Waals surface area contributed by atoms with E-state index in [0.29, 0.717) is 0 Å². The van der Waals surface area contributed by atoms with Gasteiger partial charge in [0.1, 0.15) is 6.10 Å². The van der Waals surface area contributed by atoms with Crippen molar-refractivity contribution in [3.05, 3.63) is 42.5 Å². The number of hydrogen-bond acceptors (Lipinski definition) is 3. The molecule has 15 heavy (non-hydrogen) atoms. The van der Waals surface area contributed by atoms with Crippen molar-refractivity contribution in [3.63, 3.8) is 0 Å². The molecule has 1 N–H and O–H groups in total. The lowest BCUT2D eigenvalue weighted by Gasteiger charge is -2.19. The summed E-state index contributed by atoms with van der Waals surface area (Å²) in [4.78, 5) is 10.9. The molecule has 0 aliphatic carbocycles. The van der Waals surface area contributed by atoms with Gasteiger partial charge in [0.25, 0.3) is 0 Å². The topological polar surface area (TPSA) is 38.3 Å². The van der Waals surface area contributed by atoms with E-state index in [0.717, 1.165) is 5.69 Å². The Morgan fingerprint density at radius 2 is 2.07 bits per heavy atom. The summed E-state index contributed by atoms with van der Waals surface area (Å²) >= 11 is 0. The summed E-state index contributed by atoms with van der Waals surface area (Å²) < 4.78 is 5.08. The van der Waals surface area contributed by atoms with Crippen molar-refractivity contribution in [1.29, 1.82) is 0 Å². The van der Waals surface area contributed by atoms with Crippen LogP contribution in [0.15, 0.2) is 42.5 Å². The van der Waals surface area contributed by atoms with Gasteiger partial charge in [-0.15, -0.1) is 0 Å². The minimum Gasteiger partial charge on any atom is -0.453 e. The second kappa shape index (κ2) is 4.17. The molecule has 0 saturated carbocycles.